The molecule has 0 bridgehead atoms. The summed E-state index contributed by atoms with van der Waals surface area (Å²) in [7, 11) is 0. The summed E-state index contributed by atoms with van der Waals surface area (Å²) in [6, 6.07) is 11.6. The van der Waals surface area contributed by atoms with Gasteiger partial charge in [-0.3, -0.25) is 14.4 Å². The summed E-state index contributed by atoms with van der Waals surface area (Å²) in [5, 5.41) is 3.36. The molecule has 3 amide bonds. The molecule has 0 radical (unpaired) electrons. The zero-order chi connectivity index (χ0) is 23.5. The van der Waals surface area contributed by atoms with Crippen LogP contribution in [0.2, 0.25) is 5.02 Å². The minimum absolute atomic E-state index is 0.124. The predicted octanol–water partition coefficient (Wildman–Crippen LogP) is 3.93. The SMILES string of the molecule is CC(C)(F)C[C@@H](C(=O)N1CC[C@@]2(C1)C(=O)Nc1ccccc12)N1Cc2ccc(Cl)cc2C1=O. The molecule has 6 nitrogen and oxygen atoms in total. The third-order valence-electron chi connectivity index (χ3n) is 6.95. The van der Waals surface area contributed by atoms with E-state index in [9.17, 15) is 18.8 Å². The topological polar surface area (TPSA) is 69.7 Å². The molecule has 0 unspecified atom stereocenters. The monoisotopic (exact) mass is 469 g/mol. The predicted molar refractivity (Wildman–Crippen MR) is 123 cm³/mol. The van der Waals surface area contributed by atoms with Gasteiger partial charge in [-0.1, -0.05) is 35.9 Å². The molecule has 2 aromatic rings. The molecule has 0 saturated carbocycles. The molecule has 3 aliphatic rings. The average molecular weight is 470 g/mol. The maximum absolute atomic E-state index is 14.8. The molecule has 8 heteroatoms. The first kappa shape index (κ1) is 21.9. The Morgan fingerprint density at radius 1 is 1.24 bits per heavy atom. The van der Waals surface area contributed by atoms with E-state index in [0.29, 0.717) is 23.6 Å². The Bertz CT molecular complexity index is 1180. The van der Waals surface area contributed by atoms with Gasteiger partial charge in [0.15, 0.2) is 0 Å². The number of likely N-dealkylation sites (tertiary alicyclic amines) is 1. The van der Waals surface area contributed by atoms with Gasteiger partial charge in [0.2, 0.25) is 11.8 Å². The fourth-order valence-electron chi connectivity index (χ4n) is 5.33. The van der Waals surface area contributed by atoms with E-state index < -0.39 is 17.1 Å². The van der Waals surface area contributed by atoms with Crippen molar-refractivity contribution in [3.8, 4) is 0 Å². The standard InChI is InChI=1S/C25H25ClFN3O3/c1-24(2,27)12-20(30-13-15-7-8-16(26)11-17(15)21(30)31)22(32)29-10-9-25(14-29)18-5-3-4-6-19(18)28-23(25)33/h3-8,11,20H,9-10,12-14H2,1-2H3,(H,28,33)/t20-,25-/m0/s1. The van der Waals surface area contributed by atoms with E-state index in [1.165, 1.54) is 18.7 Å². The molecule has 0 aliphatic carbocycles. The van der Waals surface area contributed by atoms with Gasteiger partial charge in [0.05, 0.1) is 5.41 Å². The van der Waals surface area contributed by atoms with Gasteiger partial charge in [-0.15, -0.1) is 0 Å². The molecule has 33 heavy (non-hydrogen) atoms. The molecule has 1 spiro atoms. The summed E-state index contributed by atoms with van der Waals surface area (Å²) in [6.45, 7) is 3.61. The van der Waals surface area contributed by atoms with Gasteiger partial charge >= 0.3 is 0 Å². The zero-order valence-corrected chi connectivity index (χ0v) is 19.3. The van der Waals surface area contributed by atoms with Gasteiger partial charge in [0, 0.05) is 42.3 Å². The highest BCUT2D eigenvalue weighted by Crippen LogP contribution is 2.44. The smallest absolute Gasteiger partial charge is 0.255 e. The van der Waals surface area contributed by atoms with E-state index in [2.05, 4.69) is 5.32 Å². The minimum atomic E-state index is -1.66. The summed E-state index contributed by atoms with van der Waals surface area (Å²) < 4.78 is 14.8. The summed E-state index contributed by atoms with van der Waals surface area (Å²) in [5.41, 5.74) is 0.377. The third kappa shape index (κ3) is 3.59. The van der Waals surface area contributed by atoms with E-state index in [1.54, 1.807) is 23.1 Å². The molecule has 1 saturated heterocycles. The van der Waals surface area contributed by atoms with Crippen molar-refractivity contribution in [1.29, 1.82) is 0 Å². The van der Waals surface area contributed by atoms with Crippen LogP contribution >= 0.6 is 11.6 Å². The number of para-hydroxylation sites is 1. The number of nitrogens with zero attached hydrogens (tertiary/aromatic N) is 2. The number of amides is 3. The molecule has 172 valence electrons. The van der Waals surface area contributed by atoms with Crippen LogP contribution in [0.15, 0.2) is 42.5 Å². The molecule has 1 N–H and O–H groups in total. The maximum atomic E-state index is 14.8. The quantitative estimate of drug-likeness (QED) is 0.737. The van der Waals surface area contributed by atoms with Crippen LogP contribution < -0.4 is 5.32 Å². The van der Waals surface area contributed by atoms with Gasteiger partial charge in [-0.25, -0.2) is 4.39 Å². The fraction of sp³-hybridized carbons (Fsp3) is 0.400. The first-order chi connectivity index (χ1) is 15.6. The van der Waals surface area contributed by atoms with Crippen LogP contribution in [0.4, 0.5) is 10.1 Å². The van der Waals surface area contributed by atoms with Gasteiger partial charge in [0.1, 0.15) is 11.7 Å². The number of nitrogens with one attached hydrogen (secondary N) is 1. The number of alkyl halides is 1. The second kappa shape index (κ2) is 7.55. The lowest BCUT2D eigenvalue weighted by molar-refractivity contribution is -0.137. The molecule has 1 fully saturated rings. The number of hydrogen-bond donors (Lipinski definition) is 1. The zero-order valence-electron chi connectivity index (χ0n) is 18.5. The number of anilines is 1. The first-order valence-corrected chi connectivity index (χ1v) is 11.4. The van der Waals surface area contributed by atoms with Crippen molar-refractivity contribution in [2.24, 2.45) is 0 Å². The second-order valence-corrected chi connectivity index (χ2v) is 10.2. The lowest BCUT2D eigenvalue weighted by Gasteiger charge is -2.33. The molecule has 3 aliphatic heterocycles. The number of fused-ring (bicyclic) bond motifs is 3. The van der Waals surface area contributed by atoms with Crippen LogP contribution in [-0.2, 0) is 21.5 Å². The van der Waals surface area contributed by atoms with Crippen molar-refractivity contribution in [2.45, 2.75) is 50.4 Å². The lowest BCUT2D eigenvalue weighted by Crippen LogP contribution is -2.51. The molecule has 2 atom stereocenters. The van der Waals surface area contributed by atoms with Gasteiger partial charge in [0.25, 0.3) is 5.91 Å². The Labute approximate surface area is 196 Å². The second-order valence-electron chi connectivity index (χ2n) is 9.76. The van der Waals surface area contributed by atoms with Crippen molar-refractivity contribution in [1.82, 2.24) is 9.80 Å². The van der Waals surface area contributed by atoms with E-state index >= 15 is 0 Å². The fourth-order valence-corrected chi connectivity index (χ4v) is 5.50. The van der Waals surface area contributed by atoms with Crippen LogP contribution in [-0.4, -0.2) is 52.3 Å². The normalized spacial score (nSPS) is 22.5. The molecule has 3 heterocycles. The number of halogens is 2. The molecular weight excluding hydrogens is 445 g/mol. The van der Waals surface area contributed by atoms with Crippen LogP contribution in [0.5, 0.6) is 0 Å². The Kier molecular flexibility index (Phi) is 5.01. The maximum Gasteiger partial charge on any atom is 0.255 e. The van der Waals surface area contributed by atoms with E-state index in [-0.39, 0.29) is 37.2 Å². The summed E-state index contributed by atoms with van der Waals surface area (Å²) in [6.07, 6.45) is 0.350. The minimum Gasteiger partial charge on any atom is -0.339 e. The van der Waals surface area contributed by atoms with Crippen molar-refractivity contribution < 1.29 is 18.8 Å². The number of rotatable bonds is 4. The van der Waals surface area contributed by atoms with Crippen molar-refractivity contribution in [3.05, 3.63) is 64.2 Å². The number of hydrogen-bond acceptors (Lipinski definition) is 3. The van der Waals surface area contributed by atoms with E-state index in [1.807, 2.05) is 24.3 Å². The van der Waals surface area contributed by atoms with Crippen LogP contribution in [0.1, 0.15) is 48.2 Å². The first-order valence-electron chi connectivity index (χ1n) is 11.1. The summed E-state index contributed by atoms with van der Waals surface area (Å²) in [4.78, 5) is 42.9. The van der Waals surface area contributed by atoms with E-state index in [0.717, 1.165) is 16.8 Å². The summed E-state index contributed by atoms with van der Waals surface area (Å²) >= 11 is 6.07. The van der Waals surface area contributed by atoms with Crippen molar-refractivity contribution >= 4 is 35.0 Å². The number of carbonyl (C=O) groups excluding carboxylic acids is 3. The Hall–Kier alpha value is -2.93. The third-order valence-corrected chi connectivity index (χ3v) is 7.19. The van der Waals surface area contributed by atoms with Crippen LogP contribution in [0.3, 0.4) is 0 Å². The Morgan fingerprint density at radius 2 is 2.00 bits per heavy atom. The van der Waals surface area contributed by atoms with E-state index in [4.69, 9.17) is 11.6 Å². The lowest BCUT2D eigenvalue weighted by atomic mass is 9.81. The van der Waals surface area contributed by atoms with Crippen molar-refractivity contribution in [3.63, 3.8) is 0 Å². The molecule has 2 aromatic carbocycles. The number of carbonyl (C=O) groups is 3. The van der Waals surface area contributed by atoms with Gasteiger partial charge in [-0.2, -0.15) is 0 Å². The molecule has 5 rings (SSSR count). The number of benzene rings is 2. The van der Waals surface area contributed by atoms with Crippen LogP contribution in [0, 0.1) is 0 Å². The van der Waals surface area contributed by atoms with Gasteiger partial charge < -0.3 is 15.1 Å². The highest BCUT2D eigenvalue weighted by Gasteiger charge is 2.53. The Balaban J connectivity index is 1.44. The molecular formula is C25H25ClFN3O3. The summed E-state index contributed by atoms with van der Waals surface area (Å²) in [5.74, 6) is -0.782. The highest BCUT2D eigenvalue weighted by molar-refractivity contribution is 6.31. The van der Waals surface area contributed by atoms with Crippen LogP contribution in [0.25, 0.3) is 0 Å². The Morgan fingerprint density at radius 3 is 2.76 bits per heavy atom. The highest BCUT2D eigenvalue weighted by atomic mass is 35.5. The van der Waals surface area contributed by atoms with Crippen molar-refractivity contribution in [2.75, 3.05) is 18.4 Å². The largest absolute Gasteiger partial charge is 0.339 e. The molecule has 0 aromatic heterocycles. The van der Waals surface area contributed by atoms with Gasteiger partial charge in [-0.05, 0) is 49.6 Å². The average Bonchev–Trinajstić information content (AvgIpc) is 3.42.